The Hall–Kier alpha value is -0.610. The monoisotopic (exact) mass is 256 g/mol. The minimum Gasteiger partial charge on any atom is -0.468 e. The molecule has 1 saturated heterocycles. The van der Waals surface area contributed by atoms with Crippen LogP contribution >= 0.6 is 0 Å². The predicted molar refractivity (Wildman–Crippen MR) is 73.3 cm³/mol. The molecule has 1 aliphatic heterocycles. The van der Waals surface area contributed by atoms with E-state index >= 15 is 0 Å². The Balaban J connectivity index is 2.13. The van der Waals surface area contributed by atoms with Crippen molar-refractivity contribution in [3.05, 3.63) is 0 Å². The summed E-state index contributed by atoms with van der Waals surface area (Å²) in [7, 11) is 1.39. The first kappa shape index (κ1) is 15.4. The van der Waals surface area contributed by atoms with E-state index in [4.69, 9.17) is 10.5 Å². The summed E-state index contributed by atoms with van der Waals surface area (Å²) in [6.07, 6.45) is 5.42. The van der Waals surface area contributed by atoms with E-state index in [-0.39, 0.29) is 5.97 Å². The Kier molecular flexibility index (Phi) is 6.09. The first-order valence-electron chi connectivity index (χ1n) is 7.05. The molecule has 1 aliphatic rings. The van der Waals surface area contributed by atoms with Gasteiger partial charge in [-0.05, 0) is 64.6 Å². The number of unbranched alkanes of at least 4 members (excludes halogenated alkanes) is 1. The van der Waals surface area contributed by atoms with Crippen molar-refractivity contribution in [2.45, 2.75) is 51.5 Å². The highest BCUT2D eigenvalue weighted by Gasteiger charge is 2.28. The van der Waals surface area contributed by atoms with Crippen molar-refractivity contribution in [3.63, 3.8) is 0 Å². The molecule has 106 valence electrons. The standard InChI is InChI=1S/C14H28N2O2/c1-12-6-10-16(11-7-12)9-5-4-8-14(2,15)13(17)18-3/h12H,4-11,15H2,1-3H3. The summed E-state index contributed by atoms with van der Waals surface area (Å²) in [4.78, 5) is 13.9. The van der Waals surface area contributed by atoms with Crippen LogP contribution in [0.3, 0.4) is 0 Å². The molecule has 0 aromatic rings. The Morgan fingerprint density at radius 1 is 1.39 bits per heavy atom. The molecule has 1 heterocycles. The van der Waals surface area contributed by atoms with Crippen molar-refractivity contribution in [1.82, 2.24) is 4.90 Å². The maximum atomic E-state index is 11.4. The molecule has 0 aromatic heterocycles. The number of hydrogen-bond acceptors (Lipinski definition) is 4. The smallest absolute Gasteiger partial charge is 0.325 e. The highest BCUT2D eigenvalue weighted by Crippen LogP contribution is 2.17. The number of carbonyl (C=O) groups excluding carboxylic acids is 1. The molecule has 1 unspecified atom stereocenters. The van der Waals surface area contributed by atoms with Crippen molar-refractivity contribution < 1.29 is 9.53 Å². The molecule has 0 bridgehead atoms. The lowest BCUT2D eigenvalue weighted by molar-refractivity contribution is -0.146. The molecule has 0 saturated carbocycles. The third-order valence-electron chi connectivity index (χ3n) is 3.95. The molecule has 0 aliphatic carbocycles. The van der Waals surface area contributed by atoms with Gasteiger partial charge in [0.15, 0.2) is 0 Å². The summed E-state index contributed by atoms with van der Waals surface area (Å²) < 4.78 is 4.70. The van der Waals surface area contributed by atoms with Gasteiger partial charge in [0.1, 0.15) is 5.54 Å². The average Bonchev–Trinajstić information content (AvgIpc) is 2.35. The van der Waals surface area contributed by atoms with E-state index in [1.54, 1.807) is 6.92 Å². The second-order valence-corrected chi connectivity index (χ2v) is 5.89. The van der Waals surface area contributed by atoms with Crippen LogP contribution in [-0.2, 0) is 9.53 Å². The van der Waals surface area contributed by atoms with Crippen LogP contribution < -0.4 is 5.73 Å². The van der Waals surface area contributed by atoms with Gasteiger partial charge >= 0.3 is 5.97 Å². The first-order valence-corrected chi connectivity index (χ1v) is 7.05. The normalized spacial score (nSPS) is 21.6. The lowest BCUT2D eigenvalue weighted by Crippen LogP contribution is -2.45. The number of likely N-dealkylation sites (tertiary alicyclic amines) is 1. The molecule has 0 radical (unpaired) electrons. The lowest BCUT2D eigenvalue weighted by atomic mass is 9.95. The van der Waals surface area contributed by atoms with Gasteiger partial charge in [-0.2, -0.15) is 0 Å². The fourth-order valence-corrected chi connectivity index (χ4v) is 2.45. The van der Waals surface area contributed by atoms with Gasteiger partial charge < -0.3 is 15.4 Å². The fourth-order valence-electron chi connectivity index (χ4n) is 2.45. The molecule has 0 aromatic carbocycles. The van der Waals surface area contributed by atoms with Crippen molar-refractivity contribution in [3.8, 4) is 0 Å². The SMILES string of the molecule is COC(=O)C(C)(N)CCCCN1CCC(C)CC1. The largest absolute Gasteiger partial charge is 0.468 e. The van der Waals surface area contributed by atoms with Crippen LogP contribution in [0.15, 0.2) is 0 Å². The number of esters is 1. The van der Waals surface area contributed by atoms with Crippen LogP contribution in [0.25, 0.3) is 0 Å². The molecule has 0 amide bonds. The van der Waals surface area contributed by atoms with Gasteiger partial charge in [0.05, 0.1) is 7.11 Å². The van der Waals surface area contributed by atoms with Crippen LogP contribution in [0.5, 0.6) is 0 Å². The Labute approximate surface area is 111 Å². The number of carbonyl (C=O) groups is 1. The first-order chi connectivity index (χ1) is 8.45. The number of methoxy groups -OCH3 is 1. The number of ether oxygens (including phenoxy) is 1. The molecule has 0 spiro atoms. The molecular formula is C14H28N2O2. The number of hydrogen-bond donors (Lipinski definition) is 1. The summed E-state index contributed by atoms with van der Waals surface area (Å²) >= 11 is 0. The summed E-state index contributed by atoms with van der Waals surface area (Å²) in [5, 5.41) is 0. The van der Waals surface area contributed by atoms with Crippen LogP contribution in [-0.4, -0.2) is 43.2 Å². The van der Waals surface area contributed by atoms with Crippen LogP contribution in [0.1, 0.15) is 46.0 Å². The molecule has 1 rings (SSSR count). The summed E-state index contributed by atoms with van der Waals surface area (Å²) in [5.41, 5.74) is 5.09. The van der Waals surface area contributed by atoms with E-state index in [0.29, 0.717) is 6.42 Å². The zero-order chi connectivity index (χ0) is 13.6. The van der Waals surface area contributed by atoms with Crippen molar-refractivity contribution >= 4 is 5.97 Å². The topological polar surface area (TPSA) is 55.6 Å². The number of rotatable bonds is 6. The summed E-state index contributed by atoms with van der Waals surface area (Å²) in [6, 6.07) is 0. The second kappa shape index (κ2) is 7.10. The van der Waals surface area contributed by atoms with Gasteiger partial charge in [-0.1, -0.05) is 6.92 Å². The Morgan fingerprint density at radius 2 is 2.00 bits per heavy atom. The number of nitrogens with two attached hydrogens (primary N) is 1. The van der Waals surface area contributed by atoms with Crippen LogP contribution in [0.2, 0.25) is 0 Å². The maximum absolute atomic E-state index is 11.4. The van der Waals surface area contributed by atoms with E-state index in [0.717, 1.165) is 25.3 Å². The van der Waals surface area contributed by atoms with Gasteiger partial charge in [-0.15, -0.1) is 0 Å². The minimum atomic E-state index is -0.828. The summed E-state index contributed by atoms with van der Waals surface area (Å²) in [6.45, 7) is 7.65. The maximum Gasteiger partial charge on any atom is 0.325 e. The predicted octanol–water partition coefficient (Wildman–Crippen LogP) is 1.78. The third-order valence-corrected chi connectivity index (χ3v) is 3.95. The van der Waals surface area contributed by atoms with Crippen molar-refractivity contribution in [1.29, 1.82) is 0 Å². The van der Waals surface area contributed by atoms with E-state index in [2.05, 4.69) is 11.8 Å². The second-order valence-electron chi connectivity index (χ2n) is 5.89. The van der Waals surface area contributed by atoms with Crippen molar-refractivity contribution in [2.24, 2.45) is 11.7 Å². The van der Waals surface area contributed by atoms with Crippen molar-refractivity contribution in [2.75, 3.05) is 26.7 Å². The van der Waals surface area contributed by atoms with E-state index in [9.17, 15) is 4.79 Å². The highest BCUT2D eigenvalue weighted by atomic mass is 16.5. The molecule has 18 heavy (non-hydrogen) atoms. The third kappa shape index (κ3) is 4.94. The van der Waals surface area contributed by atoms with E-state index < -0.39 is 5.54 Å². The number of nitrogens with zero attached hydrogens (tertiary/aromatic N) is 1. The highest BCUT2D eigenvalue weighted by molar-refractivity contribution is 5.79. The lowest BCUT2D eigenvalue weighted by Gasteiger charge is -2.30. The van der Waals surface area contributed by atoms with E-state index in [1.807, 2.05) is 0 Å². The average molecular weight is 256 g/mol. The van der Waals surface area contributed by atoms with Gasteiger partial charge in [0.25, 0.3) is 0 Å². The zero-order valence-corrected chi connectivity index (χ0v) is 12.1. The molecule has 1 fully saturated rings. The van der Waals surface area contributed by atoms with Crippen LogP contribution in [0, 0.1) is 5.92 Å². The summed E-state index contributed by atoms with van der Waals surface area (Å²) in [5.74, 6) is 0.571. The minimum absolute atomic E-state index is 0.311. The van der Waals surface area contributed by atoms with Gasteiger partial charge in [-0.3, -0.25) is 4.79 Å². The Morgan fingerprint density at radius 3 is 2.56 bits per heavy atom. The van der Waals surface area contributed by atoms with Gasteiger partial charge in [0, 0.05) is 0 Å². The van der Waals surface area contributed by atoms with Gasteiger partial charge in [-0.25, -0.2) is 0 Å². The quantitative estimate of drug-likeness (QED) is 0.581. The number of piperidine rings is 1. The molecule has 1 atom stereocenters. The Bertz CT molecular complexity index is 259. The van der Waals surface area contributed by atoms with E-state index in [1.165, 1.54) is 33.0 Å². The molecular weight excluding hydrogens is 228 g/mol. The zero-order valence-electron chi connectivity index (χ0n) is 12.1. The molecule has 2 N–H and O–H groups in total. The molecule has 4 nitrogen and oxygen atoms in total. The van der Waals surface area contributed by atoms with Crippen LogP contribution in [0.4, 0.5) is 0 Å². The molecule has 4 heteroatoms. The fraction of sp³-hybridized carbons (Fsp3) is 0.929. The van der Waals surface area contributed by atoms with Gasteiger partial charge in [0.2, 0.25) is 0 Å².